The number of carboxylic acid groups (broad SMARTS) is 1. The van der Waals surface area contributed by atoms with Crippen molar-refractivity contribution in [2.24, 2.45) is 0 Å². The van der Waals surface area contributed by atoms with Crippen LogP contribution >= 0.6 is 0 Å². The van der Waals surface area contributed by atoms with Gasteiger partial charge in [0.25, 0.3) is 0 Å². The molecule has 2 aromatic rings. The number of methoxy groups -OCH3 is 1. The van der Waals surface area contributed by atoms with E-state index < -0.39 is 5.97 Å². The molecule has 78 valence electrons. The molecule has 0 spiro atoms. The van der Waals surface area contributed by atoms with Gasteiger partial charge in [-0.1, -0.05) is 0 Å². The first kappa shape index (κ1) is 9.60. The maximum absolute atomic E-state index is 10.7. The van der Waals surface area contributed by atoms with Gasteiger partial charge in [0, 0.05) is 13.3 Å². The SMILES string of the molecule is COCc1nc2ncc(C(=O)O)cc2[nH]1. The van der Waals surface area contributed by atoms with Crippen molar-refractivity contribution in [1.82, 2.24) is 15.0 Å². The maximum atomic E-state index is 10.7. The monoisotopic (exact) mass is 207 g/mol. The van der Waals surface area contributed by atoms with Crippen molar-refractivity contribution in [2.75, 3.05) is 7.11 Å². The fraction of sp³-hybridized carbons (Fsp3) is 0.222. The van der Waals surface area contributed by atoms with Crippen molar-refractivity contribution in [2.45, 2.75) is 6.61 Å². The third kappa shape index (κ3) is 1.79. The van der Waals surface area contributed by atoms with Crippen LogP contribution in [0.5, 0.6) is 0 Å². The van der Waals surface area contributed by atoms with Gasteiger partial charge >= 0.3 is 5.97 Å². The molecule has 0 saturated carbocycles. The number of imidazole rings is 1. The Hall–Kier alpha value is -1.95. The van der Waals surface area contributed by atoms with E-state index in [1.54, 1.807) is 7.11 Å². The number of hydrogen-bond acceptors (Lipinski definition) is 4. The molecule has 2 aromatic heterocycles. The number of pyridine rings is 1. The molecule has 0 saturated heterocycles. The number of fused-ring (bicyclic) bond motifs is 1. The molecule has 2 rings (SSSR count). The van der Waals surface area contributed by atoms with Gasteiger partial charge in [-0.15, -0.1) is 0 Å². The van der Waals surface area contributed by atoms with E-state index in [1.807, 2.05) is 0 Å². The lowest BCUT2D eigenvalue weighted by Crippen LogP contribution is -1.96. The van der Waals surface area contributed by atoms with Crippen LogP contribution in [0.3, 0.4) is 0 Å². The van der Waals surface area contributed by atoms with Crippen LogP contribution in [-0.4, -0.2) is 33.1 Å². The highest BCUT2D eigenvalue weighted by atomic mass is 16.5. The minimum atomic E-state index is -1.01. The molecule has 0 aliphatic heterocycles. The Morgan fingerprint density at radius 1 is 1.67 bits per heavy atom. The Balaban J connectivity index is 2.47. The third-order valence-corrected chi connectivity index (χ3v) is 1.91. The quantitative estimate of drug-likeness (QED) is 0.777. The summed E-state index contributed by atoms with van der Waals surface area (Å²) in [6.07, 6.45) is 1.28. The summed E-state index contributed by atoms with van der Waals surface area (Å²) in [6, 6.07) is 1.50. The van der Waals surface area contributed by atoms with Gasteiger partial charge in [0.15, 0.2) is 5.65 Å². The molecule has 0 amide bonds. The van der Waals surface area contributed by atoms with E-state index in [0.29, 0.717) is 23.6 Å². The number of nitrogens with one attached hydrogen (secondary N) is 1. The predicted molar refractivity (Wildman–Crippen MR) is 51.6 cm³/mol. The Kier molecular flexibility index (Phi) is 2.34. The fourth-order valence-electron chi connectivity index (χ4n) is 1.27. The Bertz CT molecular complexity index is 506. The average Bonchev–Trinajstić information content (AvgIpc) is 2.59. The molecule has 0 bridgehead atoms. The van der Waals surface area contributed by atoms with Crippen LogP contribution in [0.2, 0.25) is 0 Å². The number of aromatic amines is 1. The van der Waals surface area contributed by atoms with E-state index in [0.717, 1.165) is 0 Å². The largest absolute Gasteiger partial charge is 0.478 e. The summed E-state index contributed by atoms with van der Waals surface area (Å²) in [7, 11) is 1.56. The fourth-order valence-corrected chi connectivity index (χ4v) is 1.27. The van der Waals surface area contributed by atoms with Crippen LogP contribution in [0.25, 0.3) is 11.2 Å². The standard InChI is InChI=1S/C9H9N3O3/c1-15-4-7-11-6-2-5(9(13)14)3-10-8(6)12-7/h2-3H,4H2,1H3,(H,13,14)(H,10,11,12). The lowest BCUT2D eigenvalue weighted by atomic mass is 10.3. The van der Waals surface area contributed by atoms with Gasteiger partial charge in [0.2, 0.25) is 0 Å². The summed E-state index contributed by atoms with van der Waals surface area (Å²) < 4.78 is 4.90. The van der Waals surface area contributed by atoms with Crippen LogP contribution < -0.4 is 0 Å². The Labute approximate surface area is 84.9 Å². The molecule has 0 aromatic carbocycles. The first-order chi connectivity index (χ1) is 7.20. The second kappa shape index (κ2) is 3.66. The van der Waals surface area contributed by atoms with E-state index in [4.69, 9.17) is 9.84 Å². The van der Waals surface area contributed by atoms with Gasteiger partial charge in [-0.2, -0.15) is 0 Å². The van der Waals surface area contributed by atoms with E-state index >= 15 is 0 Å². The van der Waals surface area contributed by atoms with Crippen LogP contribution in [-0.2, 0) is 11.3 Å². The second-order valence-corrected chi connectivity index (χ2v) is 3.02. The van der Waals surface area contributed by atoms with Gasteiger partial charge in [-0.05, 0) is 6.07 Å². The van der Waals surface area contributed by atoms with E-state index in [2.05, 4.69) is 15.0 Å². The van der Waals surface area contributed by atoms with Crippen molar-refractivity contribution in [3.8, 4) is 0 Å². The molecule has 0 aliphatic carbocycles. The summed E-state index contributed by atoms with van der Waals surface area (Å²) in [5, 5.41) is 8.76. The summed E-state index contributed by atoms with van der Waals surface area (Å²) >= 11 is 0. The molecular formula is C9H9N3O3. The van der Waals surface area contributed by atoms with E-state index in [1.165, 1.54) is 12.3 Å². The van der Waals surface area contributed by atoms with E-state index in [-0.39, 0.29) is 5.56 Å². The Morgan fingerprint density at radius 3 is 3.13 bits per heavy atom. The summed E-state index contributed by atoms with van der Waals surface area (Å²) in [5.74, 6) is -0.380. The van der Waals surface area contributed by atoms with Crippen molar-refractivity contribution >= 4 is 17.1 Å². The maximum Gasteiger partial charge on any atom is 0.337 e. The number of aromatic nitrogens is 3. The minimum absolute atomic E-state index is 0.134. The van der Waals surface area contributed by atoms with Gasteiger partial charge < -0.3 is 14.8 Å². The van der Waals surface area contributed by atoms with Gasteiger partial charge in [-0.25, -0.2) is 14.8 Å². The van der Waals surface area contributed by atoms with Gasteiger partial charge in [0.1, 0.15) is 12.4 Å². The first-order valence-electron chi connectivity index (χ1n) is 4.27. The molecule has 0 fully saturated rings. The van der Waals surface area contributed by atoms with Crippen molar-refractivity contribution in [3.63, 3.8) is 0 Å². The van der Waals surface area contributed by atoms with Crippen molar-refractivity contribution in [1.29, 1.82) is 0 Å². The zero-order chi connectivity index (χ0) is 10.8. The lowest BCUT2D eigenvalue weighted by Gasteiger charge is -1.91. The highest BCUT2D eigenvalue weighted by molar-refractivity contribution is 5.90. The second-order valence-electron chi connectivity index (χ2n) is 3.02. The molecule has 0 aliphatic rings. The number of aromatic carboxylic acids is 1. The number of carboxylic acids is 1. The molecule has 2 heterocycles. The highest BCUT2D eigenvalue weighted by Crippen LogP contribution is 2.11. The van der Waals surface area contributed by atoms with Crippen molar-refractivity contribution < 1.29 is 14.6 Å². The molecule has 0 atom stereocenters. The Morgan fingerprint density at radius 2 is 2.47 bits per heavy atom. The summed E-state index contributed by atoms with van der Waals surface area (Å²) in [6.45, 7) is 0.346. The van der Waals surface area contributed by atoms with Gasteiger partial charge in [-0.3, -0.25) is 0 Å². The average molecular weight is 207 g/mol. The van der Waals surface area contributed by atoms with Crippen molar-refractivity contribution in [3.05, 3.63) is 23.7 Å². The predicted octanol–water partition coefficient (Wildman–Crippen LogP) is 0.802. The zero-order valence-corrected chi connectivity index (χ0v) is 8.02. The third-order valence-electron chi connectivity index (χ3n) is 1.91. The molecule has 0 unspecified atom stereocenters. The molecule has 2 N–H and O–H groups in total. The number of hydrogen-bond donors (Lipinski definition) is 2. The molecule has 15 heavy (non-hydrogen) atoms. The lowest BCUT2D eigenvalue weighted by molar-refractivity contribution is 0.0696. The number of rotatable bonds is 3. The highest BCUT2D eigenvalue weighted by Gasteiger charge is 2.08. The topological polar surface area (TPSA) is 88.1 Å². The normalized spacial score (nSPS) is 10.7. The van der Waals surface area contributed by atoms with Crippen LogP contribution in [0.1, 0.15) is 16.2 Å². The minimum Gasteiger partial charge on any atom is -0.478 e. The molecule has 6 heteroatoms. The number of carbonyl (C=O) groups is 1. The summed E-state index contributed by atoms with van der Waals surface area (Å²) in [5.41, 5.74) is 1.23. The number of H-pyrrole nitrogens is 1. The summed E-state index contributed by atoms with van der Waals surface area (Å²) in [4.78, 5) is 21.7. The molecular weight excluding hydrogens is 198 g/mol. The first-order valence-corrected chi connectivity index (χ1v) is 4.27. The van der Waals surface area contributed by atoms with Crippen LogP contribution in [0.4, 0.5) is 0 Å². The smallest absolute Gasteiger partial charge is 0.337 e. The van der Waals surface area contributed by atoms with E-state index in [9.17, 15) is 4.79 Å². The van der Waals surface area contributed by atoms with Crippen LogP contribution in [0, 0.1) is 0 Å². The number of ether oxygens (including phenoxy) is 1. The van der Waals surface area contributed by atoms with Gasteiger partial charge in [0.05, 0.1) is 11.1 Å². The number of nitrogens with zero attached hydrogens (tertiary/aromatic N) is 2. The van der Waals surface area contributed by atoms with Crippen LogP contribution in [0.15, 0.2) is 12.3 Å². The molecule has 0 radical (unpaired) electrons. The molecule has 6 nitrogen and oxygen atoms in total. The zero-order valence-electron chi connectivity index (χ0n) is 8.02.